The molecule has 4 aliphatic carbocycles. The van der Waals surface area contributed by atoms with Crippen LogP contribution < -0.4 is 9.47 Å². The molecule has 0 bridgehead atoms. The number of Topliss-reactive ketones (excluding diaryl/α,β-unsaturated/α-hetero) is 2. The zero-order valence-electron chi connectivity index (χ0n) is 30.3. The van der Waals surface area contributed by atoms with Crippen molar-refractivity contribution >= 4 is 23.4 Å². The van der Waals surface area contributed by atoms with Gasteiger partial charge in [-0.2, -0.15) is 0 Å². The highest BCUT2D eigenvalue weighted by Crippen LogP contribution is 2.66. The van der Waals surface area contributed by atoms with Crippen LogP contribution in [0, 0.1) is 40.4 Å². The van der Waals surface area contributed by atoms with Gasteiger partial charge >= 0.3 is 5.97 Å². The van der Waals surface area contributed by atoms with Gasteiger partial charge in [-0.25, -0.2) is 0 Å². The maximum Gasteiger partial charge on any atom is 0.310 e. The molecule has 8 atom stereocenters. The Kier molecular flexibility index (Phi) is 12.8. The van der Waals surface area contributed by atoms with Crippen LogP contribution in [-0.4, -0.2) is 73.0 Å². The third-order valence-corrected chi connectivity index (χ3v) is 12.3. The molecule has 0 aliphatic heterocycles. The Balaban J connectivity index is 0.000000217. The summed E-state index contributed by atoms with van der Waals surface area (Å²) in [7, 11) is 1.52. The largest absolute Gasteiger partial charge is 0.493 e. The Morgan fingerprint density at radius 1 is 0.979 bits per heavy atom. The molecule has 268 valence electrons. The first kappa shape index (κ1) is 37.9. The Morgan fingerprint density at radius 2 is 1.71 bits per heavy atom. The number of amides is 1. The number of fused-ring (bicyclic) bond motifs is 5. The van der Waals surface area contributed by atoms with Crippen LogP contribution in [0.3, 0.4) is 0 Å². The first-order chi connectivity index (χ1) is 22.8. The Morgan fingerprint density at radius 3 is 2.35 bits per heavy atom. The number of ether oxygens (including phenoxy) is 3. The van der Waals surface area contributed by atoms with E-state index in [-0.39, 0.29) is 59.5 Å². The second kappa shape index (κ2) is 16.2. The lowest BCUT2D eigenvalue weighted by molar-refractivity contribution is -0.162. The van der Waals surface area contributed by atoms with Crippen molar-refractivity contribution < 1.29 is 38.5 Å². The van der Waals surface area contributed by atoms with Crippen LogP contribution in [0.1, 0.15) is 105 Å². The molecule has 5 rings (SSSR count). The van der Waals surface area contributed by atoms with Crippen LogP contribution in [0.15, 0.2) is 18.2 Å². The van der Waals surface area contributed by atoms with E-state index in [9.17, 15) is 24.3 Å². The van der Waals surface area contributed by atoms with E-state index in [2.05, 4.69) is 13.8 Å². The molecule has 1 amide bonds. The number of hydrogen-bond acceptors (Lipinski definition) is 8. The maximum atomic E-state index is 13.3. The monoisotopic (exact) mass is 669 g/mol. The van der Waals surface area contributed by atoms with Gasteiger partial charge in [-0.1, -0.05) is 26.8 Å². The summed E-state index contributed by atoms with van der Waals surface area (Å²) in [5, 5.41) is 10.1. The molecule has 0 radical (unpaired) electrons. The summed E-state index contributed by atoms with van der Waals surface area (Å²) in [6.07, 6.45) is 8.50. The molecule has 9 heteroatoms. The molecular weight excluding hydrogens is 610 g/mol. The molecule has 4 aliphatic rings. The topological polar surface area (TPSA) is 119 Å². The van der Waals surface area contributed by atoms with Crippen molar-refractivity contribution in [2.45, 2.75) is 112 Å². The van der Waals surface area contributed by atoms with Gasteiger partial charge in [0, 0.05) is 31.3 Å². The molecule has 0 spiro atoms. The summed E-state index contributed by atoms with van der Waals surface area (Å²) < 4.78 is 15.9. The van der Waals surface area contributed by atoms with E-state index in [4.69, 9.17) is 14.2 Å². The van der Waals surface area contributed by atoms with Gasteiger partial charge in [0.05, 0.1) is 26.2 Å². The average molecular weight is 670 g/mol. The number of rotatable bonds is 11. The molecule has 0 unspecified atom stereocenters. The third-order valence-electron chi connectivity index (χ3n) is 12.3. The van der Waals surface area contributed by atoms with Gasteiger partial charge in [0.1, 0.15) is 11.6 Å². The van der Waals surface area contributed by atoms with Gasteiger partial charge < -0.3 is 24.2 Å². The van der Waals surface area contributed by atoms with E-state index < -0.39 is 0 Å². The van der Waals surface area contributed by atoms with Gasteiger partial charge in [-0.05, 0) is 118 Å². The fourth-order valence-corrected chi connectivity index (χ4v) is 9.90. The molecule has 1 aromatic carbocycles. The number of ketones is 2. The lowest BCUT2D eigenvalue weighted by Crippen LogP contribution is -2.58. The second-order valence-electron chi connectivity index (χ2n) is 15.1. The number of hydrogen-bond donors (Lipinski definition) is 1. The Hall–Kier alpha value is -2.94. The predicted octanol–water partition coefficient (Wildman–Crippen LogP) is 6.21. The first-order valence-electron chi connectivity index (χ1n) is 18.3. The predicted molar refractivity (Wildman–Crippen MR) is 184 cm³/mol. The molecule has 1 aromatic rings. The molecule has 1 N–H and O–H groups in total. The number of aliphatic hydroxyl groups is 1. The fraction of sp³-hybridized carbons (Fsp3) is 0.744. The zero-order chi connectivity index (χ0) is 35.2. The average Bonchev–Trinajstić information content (AvgIpc) is 3.40. The number of benzene rings is 1. The number of carbonyl (C=O) groups is 4. The van der Waals surface area contributed by atoms with Crippen LogP contribution in [0.5, 0.6) is 11.5 Å². The van der Waals surface area contributed by atoms with E-state index in [0.717, 1.165) is 56.9 Å². The quantitative estimate of drug-likeness (QED) is 0.276. The van der Waals surface area contributed by atoms with E-state index in [1.807, 2.05) is 20.8 Å². The van der Waals surface area contributed by atoms with E-state index in [0.29, 0.717) is 61.2 Å². The molecule has 0 aromatic heterocycles. The molecule has 9 nitrogen and oxygen atoms in total. The van der Waals surface area contributed by atoms with Crippen LogP contribution in [0.25, 0.3) is 0 Å². The first-order valence-corrected chi connectivity index (χ1v) is 18.3. The smallest absolute Gasteiger partial charge is 0.310 e. The van der Waals surface area contributed by atoms with Crippen LogP contribution >= 0.6 is 0 Å². The van der Waals surface area contributed by atoms with E-state index in [1.54, 1.807) is 30.0 Å². The third kappa shape index (κ3) is 7.92. The molecular formula is C39H59NO8. The van der Waals surface area contributed by atoms with Gasteiger partial charge in [-0.15, -0.1) is 0 Å². The van der Waals surface area contributed by atoms with Gasteiger partial charge in [0.25, 0.3) is 5.91 Å². The van der Waals surface area contributed by atoms with Crippen molar-refractivity contribution in [2.24, 2.45) is 40.4 Å². The van der Waals surface area contributed by atoms with Crippen molar-refractivity contribution in [3.63, 3.8) is 0 Å². The van der Waals surface area contributed by atoms with Gasteiger partial charge in [-0.3, -0.25) is 19.2 Å². The fourth-order valence-electron chi connectivity index (χ4n) is 9.90. The summed E-state index contributed by atoms with van der Waals surface area (Å²) in [6.45, 7) is 13.7. The highest BCUT2D eigenvalue weighted by atomic mass is 16.5. The van der Waals surface area contributed by atoms with Crippen molar-refractivity contribution in [3.05, 3.63) is 23.8 Å². The molecule has 0 saturated heterocycles. The number of nitrogens with zero attached hydrogens (tertiary/aromatic N) is 1. The summed E-state index contributed by atoms with van der Waals surface area (Å²) in [5.74, 6) is 3.10. The number of esters is 1. The SMILES string of the molecule is CC(=O)[C@H]1CC[C@H]2[C@@H]3CC[C@H]4C[C@H](O)CC[C@]4(C)[C@H]3C(=O)C[C@]12C.CCCOC(=O)Cc1ccc(OCC(=O)N(CC)CC)c(OC)c1. The summed E-state index contributed by atoms with van der Waals surface area (Å²) in [5.41, 5.74) is 0.756. The zero-order valence-corrected chi connectivity index (χ0v) is 30.3. The number of likely N-dealkylation sites (N-methyl/N-ethyl adjacent to an activating group) is 1. The minimum absolute atomic E-state index is 0.0457. The minimum Gasteiger partial charge on any atom is -0.493 e. The second-order valence-corrected chi connectivity index (χ2v) is 15.1. The normalized spacial score (nSPS) is 32.0. The van der Waals surface area contributed by atoms with Crippen molar-refractivity contribution in [2.75, 3.05) is 33.4 Å². The van der Waals surface area contributed by atoms with Crippen LogP contribution in [-0.2, 0) is 30.3 Å². The summed E-state index contributed by atoms with van der Waals surface area (Å²) >= 11 is 0. The minimum atomic E-state index is -0.274. The number of aliphatic hydroxyl groups excluding tert-OH is 1. The number of carbonyl (C=O) groups excluding carboxylic acids is 4. The lowest BCUT2D eigenvalue weighted by atomic mass is 9.44. The number of methoxy groups -OCH3 is 1. The van der Waals surface area contributed by atoms with E-state index >= 15 is 0 Å². The van der Waals surface area contributed by atoms with Crippen molar-refractivity contribution in [3.8, 4) is 11.5 Å². The van der Waals surface area contributed by atoms with Crippen molar-refractivity contribution in [1.82, 2.24) is 4.90 Å². The van der Waals surface area contributed by atoms with Crippen LogP contribution in [0.4, 0.5) is 0 Å². The van der Waals surface area contributed by atoms with Gasteiger partial charge in [0.15, 0.2) is 18.1 Å². The summed E-state index contributed by atoms with van der Waals surface area (Å²) in [4.78, 5) is 50.8. The highest BCUT2D eigenvalue weighted by molar-refractivity contribution is 5.87. The van der Waals surface area contributed by atoms with Crippen molar-refractivity contribution in [1.29, 1.82) is 0 Å². The van der Waals surface area contributed by atoms with Crippen LogP contribution in [0.2, 0.25) is 0 Å². The molecule has 4 saturated carbocycles. The standard InChI is InChI=1S/C21H32O3.C18H27NO5/c1-12(22)16-6-7-17-15-5-4-13-10-14(23)8-9-20(13,2)19(15)18(24)11-21(16,17)3;1-5-10-23-18(21)12-14-8-9-15(16(11-14)22-4)24-13-17(20)19(6-2)7-3/h13-17,19,23H,4-11H2,1-3H3;8-9,11H,5-7,10,12-13H2,1-4H3/t13-,14+,15-,16+,17-,19+,20-,21+;/m0./s1. The Bertz CT molecular complexity index is 1310. The highest BCUT2D eigenvalue weighted by Gasteiger charge is 2.63. The van der Waals surface area contributed by atoms with E-state index in [1.165, 1.54) is 7.11 Å². The molecule has 0 heterocycles. The molecule has 4 fully saturated rings. The Labute approximate surface area is 287 Å². The summed E-state index contributed by atoms with van der Waals surface area (Å²) in [6, 6.07) is 5.20. The maximum absolute atomic E-state index is 13.3. The van der Waals surface area contributed by atoms with Gasteiger partial charge in [0.2, 0.25) is 0 Å². The lowest BCUT2D eigenvalue weighted by Gasteiger charge is -2.59. The molecule has 48 heavy (non-hydrogen) atoms.